The van der Waals surface area contributed by atoms with Crippen molar-refractivity contribution in [2.75, 3.05) is 27.8 Å². The van der Waals surface area contributed by atoms with Gasteiger partial charge in [0.15, 0.2) is 0 Å². The van der Waals surface area contributed by atoms with Crippen LogP contribution >= 0.6 is 0 Å². The fourth-order valence-electron chi connectivity index (χ4n) is 5.47. The molecule has 0 amide bonds. The first-order valence-corrected chi connectivity index (χ1v) is 14.8. The number of aromatic nitrogens is 1. The van der Waals surface area contributed by atoms with Gasteiger partial charge in [-0.15, -0.1) is 0 Å². The molecule has 0 aliphatic rings. The van der Waals surface area contributed by atoms with E-state index >= 15 is 0 Å². The van der Waals surface area contributed by atoms with E-state index in [0.717, 1.165) is 79.2 Å². The lowest BCUT2D eigenvalue weighted by atomic mass is 10.0. The molecule has 6 nitrogen and oxygen atoms in total. The van der Waals surface area contributed by atoms with Gasteiger partial charge in [-0.25, -0.2) is 4.98 Å². The Balaban J connectivity index is 1.01. The predicted molar refractivity (Wildman–Crippen MR) is 188 cm³/mol. The van der Waals surface area contributed by atoms with Crippen molar-refractivity contribution in [1.29, 1.82) is 0 Å². The average molecular weight is 585 g/mol. The van der Waals surface area contributed by atoms with Gasteiger partial charge in [-0.2, -0.15) is 0 Å². The normalized spacial score (nSPS) is 10.9. The quantitative estimate of drug-likeness (QED) is 0.115. The molecule has 1 heterocycles. The largest absolute Gasteiger partial charge is 0.399 e. The molecule has 1 aromatic heterocycles. The molecule has 0 aliphatic carbocycles. The van der Waals surface area contributed by atoms with E-state index in [0.29, 0.717) is 6.42 Å². The zero-order chi connectivity index (χ0) is 30.8. The molecule has 7 aromatic rings. The van der Waals surface area contributed by atoms with E-state index in [-0.39, 0.29) is 0 Å². The van der Waals surface area contributed by atoms with Crippen LogP contribution < -0.4 is 27.8 Å². The van der Waals surface area contributed by atoms with Crippen molar-refractivity contribution in [2.24, 2.45) is 0 Å². The first-order chi connectivity index (χ1) is 21.9. The van der Waals surface area contributed by atoms with Gasteiger partial charge in [-0.05, 0) is 126 Å². The van der Waals surface area contributed by atoms with Crippen LogP contribution in [0, 0.1) is 12.1 Å². The third-order valence-corrected chi connectivity index (χ3v) is 7.87. The molecule has 8 N–H and O–H groups in total. The fourth-order valence-corrected chi connectivity index (χ4v) is 5.47. The van der Waals surface area contributed by atoms with Crippen molar-refractivity contribution < 1.29 is 0 Å². The highest BCUT2D eigenvalue weighted by molar-refractivity contribution is 5.93. The lowest BCUT2D eigenvalue weighted by Gasteiger charge is -2.12. The van der Waals surface area contributed by atoms with Crippen LogP contribution in [-0.4, -0.2) is 4.98 Å². The van der Waals surface area contributed by atoms with Gasteiger partial charge < -0.3 is 27.8 Å². The Hall–Kier alpha value is -6.19. The Morgan fingerprint density at radius 3 is 1.80 bits per heavy atom. The molecule has 0 fully saturated rings. The highest BCUT2D eigenvalue weighted by Gasteiger charge is 2.07. The molecule has 0 saturated heterocycles. The summed E-state index contributed by atoms with van der Waals surface area (Å²) in [7, 11) is 0. The molecule has 0 saturated carbocycles. The van der Waals surface area contributed by atoms with Gasteiger partial charge in [-0.1, -0.05) is 30.3 Å². The average Bonchev–Trinajstić information content (AvgIpc) is 3.04. The van der Waals surface area contributed by atoms with Gasteiger partial charge in [0.2, 0.25) is 0 Å². The van der Waals surface area contributed by atoms with Crippen LogP contribution in [0.4, 0.5) is 39.8 Å². The summed E-state index contributed by atoms with van der Waals surface area (Å²) in [6.07, 6.45) is 1.49. The second-order valence-corrected chi connectivity index (χ2v) is 11.3. The number of anilines is 7. The van der Waals surface area contributed by atoms with E-state index in [9.17, 15) is 0 Å². The second kappa shape index (κ2) is 11.8. The minimum absolute atomic E-state index is 0.635. The van der Waals surface area contributed by atoms with Gasteiger partial charge >= 0.3 is 0 Å². The summed E-state index contributed by atoms with van der Waals surface area (Å²) in [5.74, 6) is 0. The summed E-state index contributed by atoms with van der Waals surface area (Å²) >= 11 is 0. The molecule has 218 valence electrons. The third-order valence-electron chi connectivity index (χ3n) is 7.87. The Kier molecular flexibility index (Phi) is 7.26. The molecular formula is C39H32N6. The summed E-state index contributed by atoms with van der Waals surface area (Å²) in [4.78, 5) is 4.71. The van der Waals surface area contributed by atoms with Crippen molar-refractivity contribution in [3.05, 3.63) is 156 Å². The van der Waals surface area contributed by atoms with Gasteiger partial charge in [0.1, 0.15) is 5.52 Å². The number of rotatable bonds is 8. The number of nitrogens with two attached hydrogens (primary N) is 3. The summed E-state index contributed by atoms with van der Waals surface area (Å²) in [5, 5.41) is 8.94. The summed E-state index contributed by atoms with van der Waals surface area (Å²) in [6, 6.07) is 47.3. The molecule has 0 bridgehead atoms. The SMILES string of the molecule is Nc1ccc(Nc2ccc(Cc3ccc(Nc4ccc(N)c(Cc5c#cc6nc7ccc(N)cc7cc6c5)c4)cc3)cc2)cc1. The molecule has 6 aromatic carbocycles. The zero-order valence-electron chi connectivity index (χ0n) is 24.6. The topological polar surface area (TPSA) is 115 Å². The maximum atomic E-state index is 6.39. The molecule has 0 atom stereocenters. The van der Waals surface area contributed by atoms with Crippen molar-refractivity contribution in [1.82, 2.24) is 4.98 Å². The van der Waals surface area contributed by atoms with Crippen molar-refractivity contribution in [3.8, 4) is 0 Å². The number of nitrogens with one attached hydrogen (secondary N) is 2. The van der Waals surface area contributed by atoms with Crippen molar-refractivity contribution in [3.63, 3.8) is 0 Å². The summed E-state index contributed by atoms with van der Waals surface area (Å²) in [6.45, 7) is 0. The van der Waals surface area contributed by atoms with Crippen LogP contribution in [0.1, 0.15) is 22.3 Å². The van der Waals surface area contributed by atoms with Gasteiger partial charge in [0.25, 0.3) is 0 Å². The number of fused-ring (bicyclic) bond motifs is 2. The van der Waals surface area contributed by atoms with Gasteiger partial charge in [-0.3, -0.25) is 0 Å². The number of hydrogen-bond acceptors (Lipinski definition) is 6. The minimum Gasteiger partial charge on any atom is -0.399 e. The number of pyridine rings is 1. The maximum Gasteiger partial charge on any atom is 0.121 e. The monoisotopic (exact) mass is 584 g/mol. The number of benzene rings is 5. The molecule has 45 heavy (non-hydrogen) atoms. The highest BCUT2D eigenvalue weighted by Crippen LogP contribution is 2.27. The Labute approximate surface area is 262 Å². The standard InChI is InChI=1S/C39H32N6/c40-31-6-13-35(14-7-31)43-33-9-1-25(2-10-33)19-26-3-11-34(12-4-26)44-36-15-16-37(42)28(24-36)20-27-5-17-38-29(21-27)22-30-23-32(41)8-18-39(30)45-38/h1-4,6-16,18,21-24,43-44H,19-20,40-42H2. The van der Waals surface area contributed by atoms with Crippen LogP contribution in [0.3, 0.4) is 0 Å². The van der Waals surface area contributed by atoms with Crippen LogP contribution in [0.25, 0.3) is 21.8 Å². The van der Waals surface area contributed by atoms with Crippen molar-refractivity contribution in [2.45, 2.75) is 12.8 Å². The van der Waals surface area contributed by atoms with Gasteiger partial charge in [0.05, 0.1) is 5.52 Å². The van der Waals surface area contributed by atoms with Crippen LogP contribution in [0.2, 0.25) is 0 Å². The first-order valence-electron chi connectivity index (χ1n) is 14.8. The molecule has 7 rings (SSSR count). The van der Waals surface area contributed by atoms with E-state index in [1.807, 2.05) is 54.6 Å². The van der Waals surface area contributed by atoms with E-state index in [1.165, 1.54) is 11.1 Å². The summed E-state index contributed by atoms with van der Waals surface area (Å²) in [5.41, 5.74) is 30.6. The number of nitrogens with zero attached hydrogens (tertiary/aromatic N) is 1. The molecular weight excluding hydrogens is 552 g/mol. The van der Waals surface area contributed by atoms with Gasteiger partial charge in [0, 0.05) is 62.6 Å². The Bertz CT molecular complexity index is 2120. The lowest BCUT2D eigenvalue weighted by molar-refractivity contribution is 1.19. The smallest absolute Gasteiger partial charge is 0.121 e. The first kappa shape index (κ1) is 27.6. The number of nitrogen functional groups attached to an aromatic ring is 3. The second-order valence-electron chi connectivity index (χ2n) is 11.3. The van der Waals surface area contributed by atoms with Crippen LogP contribution in [0.15, 0.2) is 121 Å². The molecule has 0 unspecified atom stereocenters. The third kappa shape index (κ3) is 6.43. The zero-order valence-corrected chi connectivity index (χ0v) is 24.6. The van der Waals surface area contributed by atoms with Crippen molar-refractivity contribution >= 4 is 61.6 Å². The predicted octanol–water partition coefficient (Wildman–Crippen LogP) is 8.40. The fraction of sp³-hybridized carbons (Fsp3) is 0.0513. The van der Waals surface area contributed by atoms with E-state index < -0.39 is 0 Å². The Morgan fingerprint density at radius 2 is 1.11 bits per heavy atom. The van der Waals surface area contributed by atoms with Crippen LogP contribution in [-0.2, 0) is 12.8 Å². The molecule has 6 heteroatoms. The lowest BCUT2D eigenvalue weighted by Crippen LogP contribution is -1.98. The molecule has 0 spiro atoms. The molecule has 0 radical (unpaired) electrons. The summed E-state index contributed by atoms with van der Waals surface area (Å²) < 4.78 is 0. The number of hydrogen-bond donors (Lipinski definition) is 5. The molecule has 0 aliphatic heterocycles. The maximum absolute atomic E-state index is 6.39. The highest BCUT2D eigenvalue weighted by atomic mass is 14.9. The van der Waals surface area contributed by atoms with E-state index in [2.05, 4.69) is 89.5 Å². The van der Waals surface area contributed by atoms with E-state index in [4.69, 9.17) is 22.2 Å². The van der Waals surface area contributed by atoms with E-state index in [1.54, 1.807) is 0 Å². The minimum atomic E-state index is 0.635. The van der Waals surface area contributed by atoms with Crippen LogP contribution in [0.5, 0.6) is 0 Å². The Morgan fingerprint density at radius 1 is 0.511 bits per heavy atom.